The molecule has 2 aromatic carbocycles. The quantitative estimate of drug-likeness (QED) is 0.466. The van der Waals surface area contributed by atoms with Gasteiger partial charge in [-0.15, -0.1) is 0 Å². The van der Waals surface area contributed by atoms with Gasteiger partial charge in [0.25, 0.3) is 5.91 Å². The molecule has 1 unspecified atom stereocenters. The Balaban J connectivity index is 1.79. The number of carbonyl (C=O) groups is 3. The summed E-state index contributed by atoms with van der Waals surface area (Å²) in [5.74, 6) is 0.238. The molecule has 1 aliphatic rings. The second kappa shape index (κ2) is 11.9. The number of methoxy groups -OCH3 is 1. The monoisotopic (exact) mass is 518 g/mol. The maximum atomic E-state index is 13.4. The van der Waals surface area contributed by atoms with Crippen molar-refractivity contribution in [3.8, 4) is 11.5 Å². The summed E-state index contributed by atoms with van der Waals surface area (Å²) in [6.07, 6.45) is -0.132. The van der Waals surface area contributed by atoms with Gasteiger partial charge < -0.3 is 25.0 Å². The van der Waals surface area contributed by atoms with Crippen LogP contribution < -0.4 is 25.0 Å². The highest BCUT2D eigenvalue weighted by Gasteiger charge is 2.44. The first-order chi connectivity index (χ1) is 16.7. The summed E-state index contributed by atoms with van der Waals surface area (Å²) in [4.78, 5) is 40.6. The zero-order valence-electron chi connectivity index (χ0n) is 19.7. The Hall–Kier alpha value is -3.37. The average Bonchev–Trinajstić information content (AvgIpc) is 3.04. The highest BCUT2D eigenvalue weighted by Crippen LogP contribution is 2.33. The van der Waals surface area contributed by atoms with E-state index >= 15 is 0 Å². The predicted octanol–water partition coefficient (Wildman–Crippen LogP) is 3.21. The van der Waals surface area contributed by atoms with E-state index in [1.165, 1.54) is 18.9 Å². The molecule has 1 atom stereocenters. The Morgan fingerprint density at radius 1 is 1.17 bits per heavy atom. The molecule has 0 radical (unpaired) electrons. The third kappa shape index (κ3) is 6.40. The van der Waals surface area contributed by atoms with Crippen molar-refractivity contribution in [1.82, 2.24) is 10.2 Å². The molecule has 2 N–H and O–H groups in total. The molecule has 0 aromatic heterocycles. The molecule has 1 fully saturated rings. The van der Waals surface area contributed by atoms with Crippen LogP contribution in [0.1, 0.15) is 20.3 Å². The first-order valence-corrected chi connectivity index (χ1v) is 11.8. The van der Waals surface area contributed by atoms with Crippen LogP contribution in [-0.4, -0.2) is 60.6 Å². The van der Waals surface area contributed by atoms with E-state index in [0.717, 1.165) is 0 Å². The number of nitrogens with one attached hydrogen (secondary N) is 2. The maximum Gasteiger partial charge on any atom is 0.256 e. The van der Waals surface area contributed by atoms with E-state index in [9.17, 15) is 14.4 Å². The van der Waals surface area contributed by atoms with Crippen molar-refractivity contribution >= 4 is 58.0 Å². The Morgan fingerprint density at radius 2 is 1.89 bits per heavy atom. The lowest BCUT2D eigenvalue weighted by Crippen LogP contribution is -2.42. The molecule has 0 bridgehead atoms. The third-order valence-electron chi connectivity index (χ3n) is 5.27. The van der Waals surface area contributed by atoms with Gasteiger partial charge in [0.05, 0.1) is 30.8 Å². The molecule has 3 rings (SSSR count). The molecule has 0 spiro atoms. The number of hydrogen-bond acceptors (Lipinski definition) is 6. The normalized spacial score (nSPS) is 15.3. The molecule has 0 saturated carbocycles. The number of nitrogens with zero attached hydrogens (tertiary/aromatic N) is 2. The second-order valence-electron chi connectivity index (χ2n) is 7.68. The molecule has 2 aromatic rings. The summed E-state index contributed by atoms with van der Waals surface area (Å²) in [5, 5.41) is 6.04. The molecule has 11 heteroatoms. The van der Waals surface area contributed by atoms with E-state index in [1.54, 1.807) is 47.4 Å². The van der Waals surface area contributed by atoms with Gasteiger partial charge in [0, 0.05) is 25.7 Å². The van der Waals surface area contributed by atoms with Crippen LogP contribution in [0.4, 0.5) is 11.4 Å². The molecule has 9 nitrogen and oxygen atoms in total. The van der Waals surface area contributed by atoms with Gasteiger partial charge >= 0.3 is 0 Å². The van der Waals surface area contributed by atoms with E-state index in [-0.39, 0.29) is 42.3 Å². The topological polar surface area (TPSA) is 100 Å². The van der Waals surface area contributed by atoms with Crippen LogP contribution in [0.15, 0.2) is 42.5 Å². The fourth-order valence-electron chi connectivity index (χ4n) is 3.66. The lowest BCUT2D eigenvalue weighted by atomic mass is 10.1. The number of halogens is 1. The van der Waals surface area contributed by atoms with Crippen LogP contribution in [0.3, 0.4) is 0 Å². The molecule has 3 amide bonds. The van der Waals surface area contributed by atoms with E-state index in [0.29, 0.717) is 34.5 Å². The summed E-state index contributed by atoms with van der Waals surface area (Å²) >= 11 is 11.9. The van der Waals surface area contributed by atoms with Crippen LogP contribution in [0.2, 0.25) is 5.02 Å². The van der Waals surface area contributed by atoms with Gasteiger partial charge in [-0.1, -0.05) is 11.6 Å². The Bertz CT molecular complexity index is 1110. The SMILES string of the molecule is CCOc1ccc(NC(=O)CC2C(=O)N(c3ccc(OC)c(Cl)c3)C(=S)N2CCNC(C)=O)cc1. The molecule has 35 heavy (non-hydrogen) atoms. The number of ether oxygens (including phenoxy) is 2. The molecule has 0 aliphatic carbocycles. The average molecular weight is 519 g/mol. The standard InChI is InChI=1S/C24H27ClN4O5S/c1-4-34-18-8-5-16(6-9-18)27-22(31)14-20-23(32)29(17-7-10-21(33-3)19(25)13-17)24(35)28(20)12-11-26-15(2)30/h5-10,13,20H,4,11-12,14H2,1-3H3,(H,26,30)(H,27,31). The Kier molecular flexibility index (Phi) is 8.89. The van der Waals surface area contributed by atoms with Crippen LogP contribution >= 0.6 is 23.8 Å². The van der Waals surface area contributed by atoms with Gasteiger partial charge in [-0.25, -0.2) is 0 Å². The molecule has 1 heterocycles. The molecule has 186 valence electrons. The lowest BCUT2D eigenvalue weighted by Gasteiger charge is -2.24. The number of benzene rings is 2. The second-order valence-corrected chi connectivity index (χ2v) is 8.45. The van der Waals surface area contributed by atoms with Crippen molar-refractivity contribution in [2.24, 2.45) is 0 Å². The Labute approximate surface area is 214 Å². The van der Waals surface area contributed by atoms with Crippen molar-refractivity contribution < 1.29 is 23.9 Å². The minimum absolute atomic E-state index is 0.132. The number of amides is 3. The minimum atomic E-state index is -0.847. The number of hydrogen-bond donors (Lipinski definition) is 2. The molecule has 1 aliphatic heterocycles. The summed E-state index contributed by atoms with van der Waals surface area (Å²) in [7, 11) is 1.50. The van der Waals surface area contributed by atoms with Gasteiger partial charge in [0.1, 0.15) is 17.5 Å². The summed E-state index contributed by atoms with van der Waals surface area (Å²) < 4.78 is 10.6. The summed E-state index contributed by atoms with van der Waals surface area (Å²) in [6.45, 7) is 4.35. The predicted molar refractivity (Wildman–Crippen MR) is 138 cm³/mol. The van der Waals surface area contributed by atoms with Gasteiger partial charge in [-0.05, 0) is 61.6 Å². The minimum Gasteiger partial charge on any atom is -0.495 e. The van der Waals surface area contributed by atoms with Crippen LogP contribution in [0.25, 0.3) is 0 Å². The van der Waals surface area contributed by atoms with Crippen LogP contribution in [-0.2, 0) is 14.4 Å². The van der Waals surface area contributed by atoms with Gasteiger partial charge in [-0.2, -0.15) is 0 Å². The highest BCUT2D eigenvalue weighted by atomic mass is 35.5. The number of thiocarbonyl (C=S) groups is 1. The highest BCUT2D eigenvalue weighted by molar-refractivity contribution is 7.80. The fourth-order valence-corrected chi connectivity index (χ4v) is 4.33. The number of rotatable bonds is 10. The smallest absolute Gasteiger partial charge is 0.256 e. The first-order valence-electron chi connectivity index (χ1n) is 11.0. The molecular weight excluding hydrogens is 492 g/mol. The van der Waals surface area contributed by atoms with Crippen molar-refractivity contribution in [2.75, 3.05) is 37.0 Å². The molecular formula is C24H27ClN4O5S. The van der Waals surface area contributed by atoms with Crippen molar-refractivity contribution in [3.05, 3.63) is 47.5 Å². The lowest BCUT2D eigenvalue weighted by molar-refractivity contribution is -0.124. The van der Waals surface area contributed by atoms with Gasteiger partial charge in [0.15, 0.2) is 5.11 Å². The number of carbonyl (C=O) groups excluding carboxylic acids is 3. The maximum absolute atomic E-state index is 13.4. The van der Waals surface area contributed by atoms with Gasteiger partial charge in [-0.3, -0.25) is 19.3 Å². The van der Waals surface area contributed by atoms with Crippen molar-refractivity contribution in [3.63, 3.8) is 0 Å². The van der Waals surface area contributed by atoms with Crippen molar-refractivity contribution in [1.29, 1.82) is 0 Å². The van der Waals surface area contributed by atoms with Gasteiger partial charge in [0.2, 0.25) is 11.8 Å². The van der Waals surface area contributed by atoms with Crippen molar-refractivity contribution in [2.45, 2.75) is 26.3 Å². The zero-order chi connectivity index (χ0) is 25.5. The fraction of sp³-hybridized carbons (Fsp3) is 0.333. The largest absolute Gasteiger partial charge is 0.495 e. The zero-order valence-corrected chi connectivity index (χ0v) is 21.2. The van der Waals surface area contributed by atoms with E-state index in [4.69, 9.17) is 33.3 Å². The first kappa shape index (κ1) is 26.2. The van der Waals surface area contributed by atoms with Crippen LogP contribution in [0, 0.1) is 0 Å². The number of anilines is 2. The van der Waals surface area contributed by atoms with E-state index < -0.39 is 6.04 Å². The third-order valence-corrected chi connectivity index (χ3v) is 5.98. The van der Waals surface area contributed by atoms with Crippen LogP contribution in [0.5, 0.6) is 11.5 Å². The van der Waals surface area contributed by atoms with E-state index in [2.05, 4.69) is 10.6 Å². The summed E-state index contributed by atoms with van der Waals surface area (Å²) in [5.41, 5.74) is 1.04. The summed E-state index contributed by atoms with van der Waals surface area (Å²) in [6, 6.07) is 11.0. The molecule has 1 saturated heterocycles. The van der Waals surface area contributed by atoms with E-state index in [1.807, 2.05) is 6.92 Å². The Morgan fingerprint density at radius 3 is 2.49 bits per heavy atom.